The van der Waals surface area contributed by atoms with E-state index in [0.717, 1.165) is 21.5 Å². The molecule has 148 valence electrons. The third-order valence-electron chi connectivity index (χ3n) is 4.44. The molecule has 3 rings (SSSR count). The van der Waals surface area contributed by atoms with Crippen molar-refractivity contribution in [3.8, 4) is 0 Å². The number of carbonyl (C=O) groups is 3. The summed E-state index contributed by atoms with van der Waals surface area (Å²) in [7, 11) is 0. The van der Waals surface area contributed by atoms with Gasteiger partial charge >= 0.3 is 0 Å². The number of carbonyl (C=O) groups excluding carboxylic acids is 3. The summed E-state index contributed by atoms with van der Waals surface area (Å²) >= 11 is 4.68. The standard InChI is InChI=1S/C19H21BrN4O3S/c1-5-13(17(26)21-19-23-22-14(28-19)6-9(2)3)24-15-10(4)7-11(20)8-12(15)16(25)18(24)27/h7-9,13H,5-6H2,1-4H3,(H,21,23,26). The first-order valence-corrected chi connectivity index (χ1v) is 10.6. The second-order valence-electron chi connectivity index (χ2n) is 7.14. The summed E-state index contributed by atoms with van der Waals surface area (Å²) in [6, 6.07) is 2.64. The highest BCUT2D eigenvalue weighted by molar-refractivity contribution is 9.10. The second kappa shape index (κ2) is 8.08. The zero-order valence-corrected chi connectivity index (χ0v) is 18.5. The number of hydrogen-bond acceptors (Lipinski definition) is 6. The third kappa shape index (κ3) is 3.86. The second-order valence-corrected chi connectivity index (χ2v) is 9.11. The van der Waals surface area contributed by atoms with Gasteiger partial charge in [0.25, 0.3) is 11.7 Å². The Labute approximate surface area is 175 Å². The summed E-state index contributed by atoms with van der Waals surface area (Å²) in [5.74, 6) is -1.23. The first-order valence-electron chi connectivity index (χ1n) is 9.04. The predicted octanol–water partition coefficient (Wildman–Crippen LogP) is 3.75. The number of nitrogens with one attached hydrogen (secondary N) is 1. The largest absolute Gasteiger partial charge is 0.300 e. The van der Waals surface area contributed by atoms with E-state index < -0.39 is 17.7 Å². The maximum Gasteiger partial charge on any atom is 0.300 e. The fourth-order valence-corrected chi connectivity index (χ4v) is 4.79. The summed E-state index contributed by atoms with van der Waals surface area (Å²) in [6.07, 6.45) is 1.14. The topological polar surface area (TPSA) is 92.3 Å². The molecule has 1 aromatic heterocycles. The Balaban J connectivity index is 1.87. The van der Waals surface area contributed by atoms with Gasteiger partial charge in [-0.3, -0.25) is 24.6 Å². The van der Waals surface area contributed by atoms with Crippen molar-refractivity contribution in [3.05, 3.63) is 32.7 Å². The molecule has 0 bridgehead atoms. The van der Waals surface area contributed by atoms with Crippen LogP contribution < -0.4 is 10.2 Å². The minimum absolute atomic E-state index is 0.318. The minimum atomic E-state index is -0.810. The maximum absolute atomic E-state index is 12.9. The average Bonchev–Trinajstić information content (AvgIpc) is 3.13. The van der Waals surface area contributed by atoms with Gasteiger partial charge in [-0.2, -0.15) is 0 Å². The van der Waals surface area contributed by atoms with E-state index in [1.165, 1.54) is 16.2 Å². The molecule has 2 amide bonds. The molecule has 1 aliphatic heterocycles. The molecule has 2 heterocycles. The molecule has 0 saturated heterocycles. The van der Waals surface area contributed by atoms with Crippen LogP contribution in [0.15, 0.2) is 16.6 Å². The number of benzene rings is 1. The fraction of sp³-hybridized carbons (Fsp3) is 0.421. The maximum atomic E-state index is 12.9. The van der Waals surface area contributed by atoms with Crippen molar-refractivity contribution in [2.24, 2.45) is 5.92 Å². The van der Waals surface area contributed by atoms with Gasteiger partial charge in [-0.15, -0.1) is 10.2 Å². The molecule has 0 fully saturated rings. The van der Waals surface area contributed by atoms with E-state index in [1.807, 2.05) is 13.0 Å². The lowest BCUT2D eigenvalue weighted by molar-refractivity contribution is -0.121. The van der Waals surface area contributed by atoms with E-state index in [4.69, 9.17) is 0 Å². The van der Waals surface area contributed by atoms with E-state index in [2.05, 4.69) is 45.3 Å². The Kier molecular flexibility index (Phi) is 5.95. The zero-order valence-electron chi connectivity index (χ0n) is 16.1. The van der Waals surface area contributed by atoms with Gasteiger partial charge in [0.2, 0.25) is 11.0 Å². The zero-order chi connectivity index (χ0) is 20.6. The average molecular weight is 465 g/mol. The van der Waals surface area contributed by atoms with Crippen molar-refractivity contribution < 1.29 is 14.4 Å². The molecule has 0 spiro atoms. The van der Waals surface area contributed by atoms with Crippen molar-refractivity contribution in [1.82, 2.24) is 10.2 Å². The Bertz CT molecular complexity index is 957. The van der Waals surface area contributed by atoms with Gasteiger partial charge in [0.1, 0.15) is 11.0 Å². The number of aryl methyl sites for hydroxylation is 1. The Morgan fingerprint density at radius 2 is 2.00 bits per heavy atom. The van der Waals surface area contributed by atoms with Crippen LogP contribution in [-0.4, -0.2) is 33.8 Å². The number of Topliss-reactive ketones (excluding diaryl/α,β-unsaturated/α-hetero) is 1. The molecule has 1 N–H and O–H groups in total. The number of amides is 2. The van der Waals surface area contributed by atoms with Crippen molar-refractivity contribution in [3.63, 3.8) is 0 Å². The van der Waals surface area contributed by atoms with Gasteiger partial charge in [-0.1, -0.05) is 48.0 Å². The summed E-state index contributed by atoms with van der Waals surface area (Å²) in [5, 5.41) is 12.1. The van der Waals surface area contributed by atoms with Crippen LogP contribution in [0.4, 0.5) is 10.8 Å². The first kappa shape index (κ1) is 20.6. The van der Waals surface area contributed by atoms with Gasteiger partial charge in [0.05, 0.1) is 11.3 Å². The number of nitrogens with zero attached hydrogens (tertiary/aromatic N) is 3. The van der Waals surface area contributed by atoms with Crippen molar-refractivity contribution >= 4 is 55.7 Å². The number of halogens is 1. The molecule has 0 aliphatic carbocycles. The lowest BCUT2D eigenvalue weighted by Crippen LogP contribution is -2.46. The van der Waals surface area contributed by atoms with Gasteiger partial charge in [-0.25, -0.2) is 0 Å². The molecule has 1 unspecified atom stereocenters. The SMILES string of the molecule is CCC(C(=O)Nc1nnc(CC(C)C)s1)N1C(=O)C(=O)c2cc(Br)cc(C)c21. The first-order chi connectivity index (χ1) is 13.2. The molecule has 0 saturated carbocycles. The van der Waals surface area contributed by atoms with Crippen molar-refractivity contribution in [1.29, 1.82) is 0 Å². The Hall–Kier alpha value is -2.13. The lowest BCUT2D eigenvalue weighted by atomic mass is 10.1. The predicted molar refractivity (Wildman–Crippen MR) is 112 cm³/mol. The fourth-order valence-electron chi connectivity index (χ4n) is 3.26. The van der Waals surface area contributed by atoms with Gasteiger partial charge in [-0.05, 0) is 37.0 Å². The minimum Gasteiger partial charge on any atom is -0.299 e. The molecule has 9 heteroatoms. The number of fused-ring (bicyclic) bond motifs is 1. The molecule has 2 aromatic rings. The van der Waals surface area contributed by atoms with Crippen LogP contribution in [0.5, 0.6) is 0 Å². The molecular weight excluding hydrogens is 444 g/mol. The highest BCUT2D eigenvalue weighted by Gasteiger charge is 2.43. The molecule has 1 aliphatic rings. The lowest BCUT2D eigenvalue weighted by Gasteiger charge is -2.26. The van der Waals surface area contributed by atoms with Gasteiger partial charge in [0, 0.05) is 10.9 Å². The molecule has 1 atom stereocenters. The summed E-state index contributed by atoms with van der Waals surface area (Å²) < 4.78 is 0.718. The van der Waals surface area contributed by atoms with Crippen LogP contribution >= 0.6 is 27.3 Å². The Morgan fingerprint density at radius 3 is 2.64 bits per heavy atom. The molecule has 28 heavy (non-hydrogen) atoms. The van der Waals surface area contributed by atoms with Gasteiger partial charge in [0.15, 0.2) is 0 Å². The van der Waals surface area contributed by atoms with Crippen LogP contribution in [0.3, 0.4) is 0 Å². The highest BCUT2D eigenvalue weighted by atomic mass is 79.9. The normalized spacial score (nSPS) is 14.6. The number of ketones is 1. The van der Waals surface area contributed by atoms with E-state index in [-0.39, 0.29) is 5.91 Å². The van der Waals surface area contributed by atoms with E-state index >= 15 is 0 Å². The number of aromatic nitrogens is 2. The summed E-state index contributed by atoms with van der Waals surface area (Å²) in [5.41, 5.74) is 1.57. The number of rotatable bonds is 6. The van der Waals surface area contributed by atoms with E-state index in [1.54, 1.807) is 13.0 Å². The smallest absolute Gasteiger partial charge is 0.299 e. The van der Waals surface area contributed by atoms with Crippen LogP contribution in [0.1, 0.15) is 48.1 Å². The molecule has 1 aromatic carbocycles. The number of anilines is 2. The monoisotopic (exact) mass is 464 g/mol. The summed E-state index contributed by atoms with van der Waals surface area (Å²) in [4.78, 5) is 39.3. The van der Waals surface area contributed by atoms with Crippen LogP contribution in [0.25, 0.3) is 0 Å². The molecule has 7 nitrogen and oxygen atoms in total. The van der Waals surface area contributed by atoms with Crippen molar-refractivity contribution in [2.45, 2.75) is 46.6 Å². The van der Waals surface area contributed by atoms with Crippen LogP contribution in [0.2, 0.25) is 0 Å². The number of hydrogen-bond donors (Lipinski definition) is 1. The highest BCUT2D eigenvalue weighted by Crippen LogP contribution is 2.37. The third-order valence-corrected chi connectivity index (χ3v) is 5.76. The molecular formula is C19H21BrN4O3S. The Morgan fingerprint density at radius 1 is 1.29 bits per heavy atom. The van der Waals surface area contributed by atoms with Crippen molar-refractivity contribution in [2.75, 3.05) is 10.2 Å². The van der Waals surface area contributed by atoms with Crippen LogP contribution in [-0.2, 0) is 16.0 Å². The van der Waals surface area contributed by atoms with Crippen LogP contribution in [0, 0.1) is 12.8 Å². The van der Waals surface area contributed by atoms with E-state index in [0.29, 0.717) is 28.7 Å². The van der Waals surface area contributed by atoms with Gasteiger partial charge < -0.3 is 0 Å². The summed E-state index contributed by atoms with van der Waals surface area (Å²) in [6.45, 7) is 7.79. The quantitative estimate of drug-likeness (QED) is 0.656. The molecule has 0 radical (unpaired) electrons. The van der Waals surface area contributed by atoms with E-state index in [9.17, 15) is 14.4 Å².